The van der Waals surface area contributed by atoms with Crippen molar-refractivity contribution < 1.29 is 9.47 Å². The van der Waals surface area contributed by atoms with Crippen molar-refractivity contribution in [1.82, 2.24) is 10.3 Å². The van der Waals surface area contributed by atoms with Crippen LogP contribution in [0.15, 0.2) is 30.3 Å². The molecule has 0 radical (unpaired) electrons. The van der Waals surface area contributed by atoms with E-state index >= 15 is 0 Å². The van der Waals surface area contributed by atoms with Crippen LogP contribution in [0.5, 0.6) is 5.88 Å². The SMILES string of the molecule is CCNCc1cc(OCC2CCOC2)nc2ccccc12. The molecular weight excluding hydrogens is 264 g/mol. The van der Waals surface area contributed by atoms with Crippen LogP contribution in [-0.2, 0) is 11.3 Å². The number of nitrogens with one attached hydrogen (secondary N) is 1. The second-order valence-corrected chi connectivity index (χ2v) is 5.46. The molecule has 2 heterocycles. The zero-order valence-electron chi connectivity index (χ0n) is 12.5. The molecule has 4 nitrogen and oxygen atoms in total. The van der Waals surface area contributed by atoms with E-state index in [-0.39, 0.29) is 0 Å². The molecule has 112 valence electrons. The summed E-state index contributed by atoms with van der Waals surface area (Å²) in [7, 11) is 0. The molecule has 2 aromatic rings. The van der Waals surface area contributed by atoms with Gasteiger partial charge in [-0.15, -0.1) is 0 Å². The Bertz CT molecular complexity index is 594. The molecule has 0 spiro atoms. The largest absolute Gasteiger partial charge is 0.477 e. The summed E-state index contributed by atoms with van der Waals surface area (Å²) in [5, 5.41) is 4.57. The predicted molar refractivity (Wildman–Crippen MR) is 83.5 cm³/mol. The van der Waals surface area contributed by atoms with Gasteiger partial charge in [-0.25, -0.2) is 4.98 Å². The van der Waals surface area contributed by atoms with E-state index < -0.39 is 0 Å². The molecule has 1 saturated heterocycles. The first kappa shape index (κ1) is 14.3. The first-order valence-corrected chi connectivity index (χ1v) is 7.66. The van der Waals surface area contributed by atoms with Gasteiger partial charge in [0.2, 0.25) is 5.88 Å². The summed E-state index contributed by atoms with van der Waals surface area (Å²) in [6, 6.07) is 10.3. The Labute approximate surface area is 125 Å². The van der Waals surface area contributed by atoms with Crippen molar-refractivity contribution in [1.29, 1.82) is 0 Å². The average Bonchev–Trinajstić information content (AvgIpc) is 3.04. The van der Waals surface area contributed by atoms with Gasteiger partial charge in [0.1, 0.15) is 0 Å². The minimum absolute atomic E-state index is 0.496. The Hall–Kier alpha value is -1.65. The van der Waals surface area contributed by atoms with E-state index in [1.807, 2.05) is 12.1 Å². The highest BCUT2D eigenvalue weighted by Crippen LogP contribution is 2.23. The van der Waals surface area contributed by atoms with Gasteiger partial charge >= 0.3 is 0 Å². The molecule has 0 bridgehead atoms. The number of nitrogens with zero attached hydrogens (tertiary/aromatic N) is 1. The fourth-order valence-corrected chi connectivity index (χ4v) is 2.62. The van der Waals surface area contributed by atoms with Crippen molar-refractivity contribution in [2.24, 2.45) is 5.92 Å². The predicted octanol–water partition coefficient (Wildman–Crippen LogP) is 2.76. The van der Waals surface area contributed by atoms with Crippen LogP contribution >= 0.6 is 0 Å². The Morgan fingerprint density at radius 3 is 3.10 bits per heavy atom. The molecule has 1 aromatic carbocycles. The van der Waals surface area contributed by atoms with Gasteiger partial charge in [-0.05, 0) is 24.6 Å². The summed E-state index contributed by atoms with van der Waals surface area (Å²) in [6.45, 7) is 6.24. The monoisotopic (exact) mass is 286 g/mol. The fraction of sp³-hybridized carbons (Fsp3) is 0.471. The van der Waals surface area contributed by atoms with Crippen LogP contribution in [0, 0.1) is 5.92 Å². The summed E-state index contributed by atoms with van der Waals surface area (Å²) >= 11 is 0. The van der Waals surface area contributed by atoms with Crippen LogP contribution in [0.25, 0.3) is 10.9 Å². The number of rotatable bonds is 6. The third-order valence-corrected chi connectivity index (χ3v) is 3.83. The standard InChI is InChI=1S/C17H22N2O2/c1-2-18-10-14-9-17(21-12-13-7-8-20-11-13)19-16-6-4-3-5-15(14)16/h3-6,9,13,18H,2,7-8,10-12H2,1H3. The molecule has 1 aliphatic rings. The van der Waals surface area contributed by atoms with Crippen molar-refractivity contribution in [3.63, 3.8) is 0 Å². The molecular formula is C17H22N2O2. The van der Waals surface area contributed by atoms with Gasteiger partial charge in [0, 0.05) is 30.5 Å². The molecule has 21 heavy (non-hydrogen) atoms. The maximum atomic E-state index is 5.90. The Morgan fingerprint density at radius 2 is 2.29 bits per heavy atom. The molecule has 3 rings (SSSR count). The van der Waals surface area contributed by atoms with Crippen LogP contribution < -0.4 is 10.1 Å². The molecule has 0 aliphatic carbocycles. The van der Waals surface area contributed by atoms with Gasteiger partial charge in [-0.3, -0.25) is 0 Å². The minimum Gasteiger partial charge on any atom is -0.477 e. The lowest BCUT2D eigenvalue weighted by Gasteiger charge is -2.13. The zero-order chi connectivity index (χ0) is 14.5. The highest BCUT2D eigenvalue weighted by atomic mass is 16.5. The molecule has 1 aromatic heterocycles. The summed E-state index contributed by atoms with van der Waals surface area (Å²) in [5.74, 6) is 1.21. The van der Waals surface area contributed by atoms with E-state index in [4.69, 9.17) is 9.47 Å². The van der Waals surface area contributed by atoms with Gasteiger partial charge in [-0.1, -0.05) is 25.1 Å². The molecule has 0 saturated carbocycles. The van der Waals surface area contributed by atoms with Gasteiger partial charge in [0.05, 0.1) is 18.7 Å². The smallest absolute Gasteiger partial charge is 0.214 e. The highest BCUT2D eigenvalue weighted by molar-refractivity contribution is 5.82. The number of hydrogen-bond donors (Lipinski definition) is 1. The summed E-state index contributed by atoms with van der Waals surface area (Å²) in [6.07, 6.45) is 1.08. The number of pyridine rings is 1. The van der Waals surface area contributed by atoms with Crippen molar-refractivity contribution in [2.45, 2.75) is 19.9 Å². The normalized spacial score (nSPS) is 18.2. The third-order valence-electron chi connectivity index (χ3n) is 3.83. The lowest BCUT2D eigenvalue weighted by molar-refractivity contribution is 0.165. The lowest BCUT2D eigenvalue weighted by atomic mass is 10.1. The average molecular weight is 286 g/mol. The van der Waals surface area contributed by atoms with E-state index in [0.717, 1.165) is 38.2 Å². The molecule has 0 amide bonds. The fourth-order valence-electron chi connectivity index (χ4n) is 2.62. The molecule has 1 N–H and O–H groups in total. The molecule has 4 heteroatoms. The number of para-hydroxylation sites is 1. The first-order valence-electron chi connectivity index (χ1n) is 7.66. The Kier molecular flexibility index (Phi) is 4.68. The Balaban J connectivity index is 1.80. The summed E-state index contributed by atoms with van der Waals surface area (Å²) < 4.78 is 11.3. The summed E-state index contributed by atoms with van der Waals surface area (Å²) in [4.78, 5) is 4.61. The van der Waals surface area contributed by atoms with Gasteiger partial charge in [0.15, 0.2) is 0 Å². The number of benzene rings is 1. The van der Waals surface area contributed by atoms with E-state index in [1.54, 1.807) is 0 Å². The van der Waals surface area contributed by atoms with Gasteiger partial charge < -0.3 is 14.8 Å². The molecule has 1 unspecified atom stereocenters. The maximum Gasteiger partial charge on any atom is 0.214 e. The zero-order valence-corrected chi connectivity index (χ0v) is 12.5. The second-order valence-electron chi connectivity index (χ2n) is 5.46. The number of fused-ring (bicyclic) bond motifs is 1. The maximum absolute atomic E-state index is 5.90. The van der Waals surface area contributed by atoms with Crippen molar-refractivity contribution in [2.75, 3.05) is 26.4 Å². The van der Waals surface area contributed by atoms with Crippen LogP contribution in [0.3, 0.4) is 0 Å². The topological polar surface area (TPSA) is 43.4 Å². The van der Waals surface area contributed by atoms with Crippen molar-refractivity contribution >= 4 is 10.9 Å². The van der Waals surface area contributed by atoms with Crippen LogP contribution in [0.4, 0.5) is 0 Å². The van der Waals surface area contributed by atoms with E-state index in [1.165, 1.54) is 10.9 Å². The Morgan fingerprint density at radius 1 is 1.38 bits per heavy atom. The van der Waals surface area contributed by atoms with E-state index in [2.05, 4.69) is 35.4 Å². The first-order chi connectivity index (χ1) is 10.4. The molecule has 1 aliphatic heterocycles. The van der Waals surface area contributed by atoms with Crippen molar-refractivity contribution in [3.8, 4) is 5.88 Å². The lowest BCUT2D eigenvalue weighted by Crippen LogP contribution is -2.14. The van der Waals surface area contributed by atoms with Crippen LogP contribution in [-0.4, -0.2) is 31.3 Å². The van der Waals surface area contributed by atoms with Gasteiger partial charge in [-0.2, -0.15) is 0 Å². The highest BCUT2D eigenvalue weighted by Gasteiger charge is 2.16. The number of hydrogen-bond acceptors (Lipinski definition) is 4. The van der Waals surface area contributed by atoms with Gasteiger partial charge in [0.25, 0.3) is 0 Å². The van der Waals surface area contributed by atoms with Crippen LogP contribution in [0.2, 0.25) is 0 Å². The number of ether oxygens (including phenoxy) is 2. The minimum atomic E-state index is 0.496. The number of aromatic nitrogens is 1. The third kappa shape index (κ3) is 3.52. The summed E-state index contributed by atoms with van der Waals surface area (Å²) in [5.41, 5.74) is 2.23. The van der Waals surface area contributed by atoms with Crippen molar-refractivity contribution in [3.05, 3.63) is 35.9 Å². The van der Waals surface area contributed by atoms with E-state index in [0.29, 0.717) is 18.4 Å². The van der Waals surface area contributed by atoms with Crippen LogP contribution in [0.1, 0.15) is 18.9 Å². The second kappa shape index (κ2) is 6.87. The molecule has 1 atom stereocenters. The van der Waals surface area contributed by atoms with E-state index in [9.17, 15) is 0 Å². The molecule has 1 fully saturated rings. The quantitative estimate of drug-likeness (QED) is 0.887.